The van der Waals surface area contributed by atoms with Crippen molar-refractivity contribution < 1.29 is 13.2 Å². The van der Waals surface area contributed by atoms with Gasteiger partial charge in [0.05, 0.1) is 11.7 Å². The van der Waals surface area contributed by atoms with E-state index in [0.29, 0.717) is 25.2 Å². The summed E-state index contributed by atoms with van der Waals surface area (Å²) in [7, 11) is -3.38. The fourth-order valence-corrected chi connectivity index (χ4v) is 3.77. The summed E-state index contributed by atoms with van der Waals surface area (Å²) in [6.45, 7) is 5.34. The van der Waals surface area contributed by atoms with Crippen LogP contribution in [0.1, 0.15) is 25.0 Å². The summed E-state index contributed by atoms with van der Waals surface area (Å²) in [5, 5.41) is 5.93. The van der Waals surface area contributed by atoms with E-state index in [-0.39, 0.29) is 23.6 Å². The van der Waals surface area contributed by atoms with Gasteiger partial charge in [-0.2, -0.15) is 0 Å². The van der Waals surface area contributed by atoms with Gasteiger partial charge in [0.25, 0.3) is 0 Å². The third-order valence-electron chi connectivity index (χ3n) is 3.48. The minimum Gasteiger partial charge on any atom is -0.352 e. The Labute approximate surface area is 131 Å². The zero-order chi connectivity index (χ0) is 16.2. The highest BCUT2D eigenvalue weighted by molar-refractivity contribution is 7.88. The quantitative estimate of drug-likeness (QED) is 0.675. The predicted octanol–water partition coefficient (Wildman–Crippen LogP) is 0.350. The average Bonchev–Trinajstić information content (AvgIpc) is 2.33. The van der Waals surface area contributed by atoms with Gasteiger partial charge in [0.15, 0.2) is 0 Å². The molecule has 1 heterocycles. The van der Waals surface area contributed by atoms with E-state index in [1.807, 2.05) is 12.1 Å². The van der Waals surface area contributed by atoms with Crippen molar-refractivity contribution >= 4 is 15.9 Å². The van der Waals surface area contributed by atoms with Gasteiger partial charge in [-0.15, -0.1) is 0 Å². The van der Waals surface area contributed by atoms with Crippen LogP contribution in [0.25, 0.3) is 0 Å². The van der Waals surface area contributed by atoms with E-state index in [2.05, 4.69) is 15.4 Å². The Balaban J connectivity index is 2.01. The lowest BCUT2D eigenvalue weighted by Crippen LogP contribution is -2.50. The molecular formula is C15H23N3O3S. The van der Waals surface area contributed by atoms with Gasteiger partial charge >= 0.3 is 0 Å². The number of carbonyl (C=O) groups excluding carboxylic acids is 1. The molecule has 3 N–H and O–H groups in total. The first kappa shape index (κ1) is 16.9. The molecule has 0 spiro atoms. The van der Waals surface area contributed by atoms with Crippen LogP contribution in [-0.2, 0) is 27.1 Å². The second-order valence-corrected chi connectivity index (χ2v) is 7.63. The van der Waals surface area contributed by atoms with Crippen molar-refractivity contribution in [2.24, 2.45) is 5.92 Å². The molecule has 6 nitrogen and oxygen atoms in total. The number of benzene rings is 1. The maximum atomic E-state index is 12.1. The number of hydrogen-bond donors (Lipinski definition) is 3. The van der Waals surface area contributed by atoms with Gasteiger partial charge in [-0.25, -0.2) is 13.1 Å². The van der Waals surface area contributed by atoms with Crippen LogP contribution in [0, 0.1) is 5.92 Å². The number of sulfonamides is 1. The molecule has 0 radical (unpaired) electrons. The minimum absolute atomic E-state index is 0.0108. The maximum Gasteiger partial charge on any atom is 0.225 e. The van der Waals surface area contributed by atoms with E-state index in [4.69, 9.17) is 0 Å². The standard InChI is InChI=1S/C15H23N3O3S/c1-11(2)18-22(20,21)10-13-6-4-3-5-12(13)9-17-15(19)14-7-16-8-14/h3-6,11,14,16,18H,7-10H2,1-2H3,(H,17,19). The van der Waals surface area contributed by atoms with Crippen molar-refractivity contribution in [2.45, 2.75) is 32.2 Å². The second kappa shape index (κ2) is 7.21. The van der Waals surface area contributed by atoms with E-state index < -0.39 is 10.0 Å². The van der Waals surface area contributed by atoms with Gasteiger partial charge in [0, 0.05) is 25.7 Å². The Morgan fingerprint density at radius 1 is 1.27 bits per heavy atom. The predicted molar refractivity (Wildman–Crippen MR) is 85.5 cm³/mol. The number of amides is 1. The maximum absolute atomic E-state index is 12.1. The molecule has 0 aromatic heterocycles. The first-order chi connectivity index (χ1) is 10.4. The molecule has 1 fully saturated rings. The highest BCUT2D eigenvalue weighted by Crippen LogP contribution is 2.13. The highest BCUT2D eigenvalue weighted by atomic mass is 32.2. The molecule has 1 aromatic carbocycles. The molecule has 22 heavy (non-hydrogen) atoms. The summed E-state index contributed by atoms with van der Waals surface area (Å²) in [6.07, 6.45) is 0. The topological polar surface area (TPSA) is 87.3 Å². The van der Waals surface area contributed by atoms with Gasteiger partial charge in [-0.1, -0.05) is 24.3 Å². The van der Waals surface area contributed by atoms with Crippen LogP contribution < -0.4 is 15.4 Å². The first-order valence-electron chi connectivity index (χ1n) is 7.42. The Morgan fingerprint density at radius 3 is 2.45 bits per heavy atom. The average molecular weight is 325 g/mol. The Hall–Kier alpha value is -1.44. The monoisotopic (exact) mass is 325 g/mol. The molecule has 0 atom stereocenters. The molecule has 0 unspecified atom stereocenters. The molecule has 122 valence electrons. The summed E-state index contributed by atoms with van der Waals surface area (Å²) in [5.41, 5.74) is 1.54. The molecule has 2 rings (SSSR count). The SMILES string of the molecule is CC(C)NS(=O)(=O)Cc1ccccc1CNC(=O)C1CNC1. The lowest BCUT2D eigenvalue weighted by molar-refractivity contribution is -0.126. The summed E-state index contributed by atoms with van der Waals surface area (Å²) < 4.78 is 26.7. The zero-order valence-corrected chi connectivity index (χ0v) is 13.7. The molecule has 7 heteroatoms. The fraction of sp³-hybridized carbons (Fsp3) is 0.533. The van der Waals surface area contributed by atoms with E-state index in [9.17, 15) is 13.2 Å². The summed E-state index contributed by atoms with van der Waals surface area (Å²) in [6, 6.07) is 7.15. The molecule has 1 aliphatic rings. The number of carbonyl (C=O) groups is 1. The van der Waals surface area contributed by atoms with Gasteiger partial charge in [0.2, 0.25) is 15.9 Å². The molecule has 1 aromatic rings. The molecule has 0 saturated carbocycles. The van der Waals surface area contributed by atoms with Crippen LogP contribution in [0.3, 0.4) is 0 Å². The van der Waals surface area contributed by atoms with Crippen LogP contribution in [0.2, 0.25) is 0 Å². The lowest BCUT2D eigenvalue weighted by atomic mass is 10.0. The minimum atomic E-state index is -3.38. The van der Waals surface area contributed by atoms with Crippen LogP contribution in [0.5, 0.6) is 0 Å². The van der Waals surface area contributed by atoms with E-state index in [0.717, 1.165) is 5.56 Å². The summed E-state index contributed by atoms with van der Waals surface area (Å²) in [5.74, 6) is -0.0439. The largest absolute Gasteiger partial charge is 0.352 e. The highest BCUT2D eigenvalue weighted by Gasteiger charge is 2.24. The normalized spacial score (nSPS) is 15.6. The van der Waals surface area contributed by atoms with E-state index in [1.54, 1.807) is 26.0 Å². The molecule has 1 saturated heterocycles. The molecule has 0 aliphatic carbocycles. The Morgan fingerprint density at radius 2 is 1.91 bits per heavy atom. The molecule has 1 amide bonds. The lowest BCUT2D eigenvalue weighted by Gasteiger charge is -2.26. The van der Waals surface area contributed by atoms with Crippen molar-refractivity contribution in [1.29, 1.82) is 0 Å². The molecule has 0 bridgehead atoms. The Kier molecular flexibility index (Phi) is 5.55. The van der Waals surface area contributed by atoms with Crippen molar-refractivity contribution in [3.8, 4) is 0 Å². The number of hydrogen-bond acceptors (Lipinski definition) is 4. The summed E-state index contributed by atoms with van der Waals surface area (Å²) >= 11 is 0. The van der Waals surface area contributed by atoms with Crippen molar-refractivity contribution in [3.63, 3.8) is 0 Å². The number of rotatable bonds is 7. The van der Waals surface area contributed by atoms with E-state index in [1.165, 1.54) is 0 Å². The molecule has 1 aliphatic heterocycles. The van der Waals surface area contributed by atoms with Gasteiger partial charge < -0.3 is 10.6 Å². The smallest absolute Gasteiger partial charge is 0.225 e. The van der Waals surface area contributed by atoms with Gasteiger partial charge in [-0.05, 0) is 25.0 Å². The third kappa shape index (κ3) is 4.79. The van der Waals surface area contributed by atoms with Gasteiger partial charge in [-0.3, -0.25) is 4.79 Å². The van der Waals surface area contributed by atoms with Crippen molar-refractivity contribution in [1.82, 2.24) is 15.4 Å². The zero-order valence-electron chi connectivity index (χ0n) is 12.9. The Bertz CT molecular complexity index is 625. The van der Waals surface area contributed by atoms with Crippen LogP contribution in [0.4, 0.5) is 0 Å². The van der Waals surface area contributed by atoms with Crippen LogP contribution in [0.15, 0.2) is 24.3 Å². The third-order valence-corrected chi connectivity index (χ3v) is 5.01. The van der Waals surface area contributed by atoms with Crippen LogP contribution in [-0.4, -0.2) is 33.5 Å². The second-order valence-electron chi connectivity index (χ2n) is 5.87. The summed E-state index contributed by atoms with van der Waals surface area (Å²) in [4.78, 5) is 11.9. The van der Waals surface area contributed by atoms with Crippen molar-refractivity contribution in [3.05, 3.63) is 35.4 Å². The first-order valence-corrected chi connectivity index (χ1v) is 9.08. The fourth-order valence-electron chi connectivity index (χ4n) is 2.28. The number of nitrogens with one attached hydrogen (secondary N) is 3. The van der Waals surface area contributed by atoms with Gasteiger partial charge in [0.1, 0.15) is 0 Å². The van der Waals surface area contributed by atoms with Crippen molar-refractivity contribution in [2.75, 3.05) is 13.1 Å². The molecular weight excluding hydrogens is 302 g/mol. The van der Waals surface area contributed by atoms with Crippen LogP contribution >= 0.6 is 0 Å². The van der Waals surface area contributed by atoms with E-state index >= 15 is 0 Å².